The van der Waals surface area contributed by atoms with Gasteiger partial charge < -0.3 is 23.8 Å². The maximum absolute atomic E-state index is 13.7. The minimum atomic E-state index is -4.31. The number of pyridine rings is 1. The third kappa shape index (κ3) is 3.96. The van der Waals surface area contributed by atoms with Gasteiger partial charge in [0, 0.05) is 38.3 Å². The molecule has 13 heteroatoms. The van der Waals surface area contributed by atoms with Gasteiger partial charge in [-0.2, -0.15) is 4.72 Å². The molecule has 2 aliphatic heterocycles. The number of sulfonamides is 1. The van der Waals surface area contributed by atoms with Gasteiger partial charge in [-0.1, -0.05) is 0 Å². The molecule has 0 aliphatic carbocycles. The molecule has 0 spiro atoms. The molecule has 3 aromatic heterocycles. The van der Waals surface area contributed by atoms with Crippen LogP contribution in [0.25, 0.3) is 17.1 Å². The van der Waals surface area contributed by atoms with Crippen LogP contribution in [0, 0.1) is 6.92 Å². The lowest BCUT2D eigenvalue weighted by Gasteiger charge is -2.40. The Balaban J connectivity index is 1.66. The summed E-state index contributed by atoms with van der Waals surface area (Å²) < 4.78 is 68.3. The molecule has 0 aromatic carbocycles. The molecule has 0 amide bonds. The zero-order valence-electron chi connectivity index (χ0n) is 19.0. The maximum Gasteiger partial charge on any atom is 0.264 e. The van der Waals surface area contributed by atoms with E-state index in [9.17, 15) is 17.2 Å². The second-order valence-electron chi connectivity index (χ2n) is 9.09. The van der Waals surface area contributed by atoms with Gasteiger partial charge in [-0.3, -0.25) is 0 Å². The molecule has 34 heavy (non-hydrogen) atoms. The predicted octanol–water partition coefficient (Wildman–Crippen LogP) is 1.80. The Kier molecular flexibility index (Phi) is 5.62. The first kappa shape index (κ1) is 23.1. The number of alkyl halides is 2. The Hall–Kier alpha value is -2.61. The lowest BCUT2D eigenvalue weighted by molar-refractivity contribution is -0.134. The van der Waals surface area contributed by atoms with Crippen molar-refractivity contribution in [2.75, 3.05) is 31.2 Å². The quantitative estimate of drug-likeness (QED) is 0.531. The number of halogens is 2. The normalized spacial score (nSPS) is 22.9. The van der Waals surface area contributed by atoms with Crippen molar-refractivity contribution in [1.82, 2.24) is 24.6 Å². The number of fused-ring (bicyclic) bond motifs is 1. The number of piperazine rings is 1. The molecule has 0 radical (unpaired) electrons. The molecule has 5 rings (SSSR count). The molecule has 3 aromatic rings. The van der Waals surface area contributed by atoms with E-state index in [1.807, 2.05) is 6.07 Å². The average molecular weight is 497 g/mol. The van der Waals surface area contributed by atoms with E-state index < -0.39 is 22.0 Å². The monoisotopic (exact) mass is 496 g/mol. The van der Waals surface area contributed by atoms with E-state index in [-0.39, 0.29) is 36.1 Å². The number of hydrogen-bond donors (Lipinski definition) is 2. The summed E-state index contributed by atoms with van der Waals surface area (Å²) in [6.07, 6.45) is -1.51. The van der Waals surface area contributed by atoms with Crippen molar-refractivity contribution in [3.05, 3.63) is 30.3 Å². The van der Waals surface area contributed by atoms with E-state index in [1.54, 1.807) is 17.4 Å². The van der Waals surface area contributed by atoms with Crippen LogP contribution in [0.4, 0.5) is 14.5 Å². The van der Waals surface area contributed by atoms with Gasteiger partial charge in [0.15, 0.2) is 0 Å². The van der Waals surface area contributed by atoms with E-state index in [1.165, 1.54) is 12.3 Å². The minimum Gasteiger partial charge on any atom is -0.420 e. The van der Waals surface area contributed by atoms with Crippen LogP contribution in [-0.4, -0.2) is 73.4 Å². The lowest BCUT2D eigenvalue weighted by atomic mass is 10.0. The van der Waals surface area contributed by atoms with E-state index in [0.717, 1.165) is 5.52 Å². The largest absolute Gasteiger partial charge is 0.420 e. The summed E-state index contributed by atoms with van der Waals surface area (Å²) in [6.45, 7) is 6.28. The lowest BCUT2D eigenvalue weighted by Crippen LogP contribution is -2.66. The van der Waals surface area contributed by atoms with Crippen molar-refractivity contribution in [2.45, 2.75) is 49.7 Å². The Morgan fingerprint density at radius 1 is 1.21 bits per heavy atom. The minimum absolute atomic E-state index is 0.144. The summed E-state index contributed by atoms with van der Waals surface area (Å²) in [6, 6.07) is 5.50. The number of ether oxygens (including phenoxy) is 1. The van der Waals surface area contributed by atoms with E-state index in [0.29, 0.717) is 30.4 Å². The number of rotatable bonds is 6. The molecular formula is C21H26F2N6O4S. The summed E-state index contributed by atoms with van der Waals surface area (Å²) in [5, 5.41) is 11.4. The van der Waals surface area contributed by atoms with Crippen LogP contribution in [0.3, 0.4) is 0 Å². The highest BCUT2D eigenvalue weighted by Gasteiger charge is 2.50. The van der Waals surface area contributed by atoms with Gasteiger partial charge >= 0.3 is 0 Å². The van der Waals surface area contributed by atoms with Gasteiger partial charge in [-0.25, -0.2) is 17.2 Å². The predicted molar refractivity (Wildman–Crippen MR) is 120 cm³/mol. The summed E-state index contributed by atoms with van der Waals surface area (Å²) in [5.74, 6) is 0.591. The molecule has 0 unspecified atom stereocenters. The average Bonchev–Trinajstić information content (AvgIpc) is 3.35. The van der Waals surface area contributed by atoms with Crippen LogP contribution >= 0.6 is 0 Å². The van der Waals surface area contributed by atoms with Crippen LogP contribution in [-0.2, 0) is 14.8 Å². The number of anilines is 1. The van der Waals surface area contributed by atoms with Crippen molar-refractivity contribution < 1.29 is 26.4 Å². The van der Waals surface area contributed by atoms with E-state index >= 15 is 0 Å². The van der Waals surface area contributed by atoms with Crippen molar-refractivity contribution >= 4 is 21.2 Å². The summed E-state index contributed by atoms with van der Waals surface area (Å²) in [5.41, 5.74) is -0.0290. The molecular weight excluding hydrogens is 470 g/mol. The topological polar surface area (TPSA) is 114 Å². The van der Waals surface area contributed by atoms with Gasteiger partial charge in [0.25, 0.3) is 12.3 Å². The number of aryl methyl sites for hydroxylation is 1. The molecule has 184 valence electrons. The van der Waals surface area contributed by atoms with Crippen LogP contribution in [0.5, 0.6) is 0 Å². The molecule has 2 saturated heterocycles. The molecule has 2 N–H and O–H groups in total. The second-order valence-corrected chi connectivity index (χ2v) is 10.8. The fourth-order valence-electron chi connectivity index (χ4n) is 4.55. The SMILES string of the molecule is Cc1nnc(-c2ccc3c(N4C[C@H](C)N[C@@H](C)C4)cc(S(=O)(=O)NC4(C(F)F)COC4)cn23)o1. The maximum atomic E-state index is 13.7. The molecule has 2 fully saturated rings. The van der Waals surface area contributed by atoms with Crippen LogP contribution < -0.4 is 14.9 Å². The van der Waals surface area contributed by atoms with Crippen molar-refractivity contribution in [3.8, 4) is 11.6 Å². The van der Waals surface area contributed by atoms with E-state index in [2.05, 4.69) is 39.0 Å². The van der Waals surface area contributed by atoms with E-state index in [4.69, 9.17) is 9.15 Å². The van der Waals surface area contributed by atoms with Crippen LogP contribution in [0.2, 0.25) is 0 Å². The number of aromatic nitrogens is 3. The highest BCUT2D eigenvalue weighted by Crippen LogP contribution is 2.34. The number of hydrogen-bond acceptors (Lipinski definition) is 8. The zero-order chi connectivity index (χ0) is 24.3. The molecule has 10 nitrogen and oxygen atoms in total. The van der Waals surface area contributed by atoms with Crippen LogP contribution in [0.15, 0.2) is 33.7 Å². The molecule has 2 atom stereocenters. The summed E-state index contributed by atoms with van der Waals surface area (Å²) in [4.78, 5) is 1.95. The van der Waals surface area contributed by atoms with Crippen LogP contribution in [0.1, 0.15) is 19.7 Å². The fourth-order valence-corrected chi connectivity index (χ4v) is 5.92. The van der Waals surface area contributed by atoms with Gasteiger partial charge in [-0.15, -0.1) is 10.2 Å². The number of nitrogens with one attached hydrogen (secondary N) is 2. The Morgan fingerprint density at radius 3 is 2.47 bits per heavy atom. The highest BCUT2D eigenvalue weighted by molar-refractivity contribution is 7.89. The van der Waals surface area contributed by atoms with Crippen molar-refractivity contribution in [1.29, 1.82) is 0 Å². The Bertz CT molecular complexity index is 1310. The summed E-state index contributed by atoms with van der Waals surface area (Å²) >= 11 is 0. The molecule has 5 heterocycles. The standard InChI is InChI=1S/C21H26F2N6O4S/c1-12-7-28(8-13(2)24-12)18-6-15(34(30,31)27-21(20(22)23)10-32-11-21)9-29-16(18)4-5-17(29)19-26-25-14(3)33-19/h4-6,9,12-13,20,24,27H,7-8,10-11H2,1-3H3/t12-,13-/m0/s1. The van der Waals surface area contributed by atoms with Gasteiger partial charge in [0.2, 0.25) is 15.9 Å². The smallest absolute Gasteiger partial charge is 0.264 e. The third-order valence-corrected chi connectivity index (χ3v) is 7.66. The highest BCUT2D eigenvalue weighted by atomic mass is 32.2. The first-order valence-electron chi connectivity index (χ1n) is 10.9. The van der Waals surface area contributed by atoms with Crippen molar-refractivity contribution in [2.24, 2.45) is 0 Å². The Morgan fingerprint density at radius 2 is 1.91 bits per heavy atom. The van der Waals surface area contributed by atoms with Gasteiger partial charge in [0.05, 0.1) is 24.4 Å². The van der Waals surface area contributed by atoms with Crippen molar-refractivity contribution in [3.63, 3.8) is 0 Å². The van der Waals surface area contributed by atoms with Gasteiger partial charge in [0.1, 0.15) is 16.1 Å². The Labute approximate surface area is 195 Å². The second kappa shape index (κ2) is 8.26. The fraction of sp³-hybridized carbons (Fsp3) is 0.524. The summed E-state index contributed by atoms with van der Waals surface area (Å²) in [7, 11) is -4.31. The van der Waals surface area contributed by atoms with Gasteiger partial charge in [-0.05, 0) is 32.0 Å². The first-order valence-corrected chi connectivity index (χ1v) is 12.4. The molecule has 0 saturated carbocycles. The number of nitrogens with zero attached hydrogens (tertiary/aromatic N) is 4. The third-order valence-electron chi connectivity index (χ3n) is 6.14. The zero-order valence-corrected chi connectivity index (χ0v) is 19.8. The molecule has 2 aliphatic rings. The molecule has 0 bridgehead atoms. The first-order chi connectivity index (χ1) is 16.1.